The van der Waals surface area contributed by atoms with Gasteiger partial charge in [-0.1, -0.05) is 11.3 Å². The lowest BCUT2D eigenvalue weighted by Crippen LogP contribution is -1.96. The Labute approximate surface area is 115 Å². The molecule has 1 aromatic carbocycles. The van der Waals surface area contributed by atoms with E-state index in [2.05, 4.69) is 10.2 Å². The van der Waals surface area contributed by atoms with Gasteiger partial charge in [-0.25, -0.2) is 0 Å². The number of hydrogen-bond donors (Lipinski definition) is 1. The highest BCUT2D eigenvalue weighted by atomic mass is 32.1. The summed E-state index contributed by atoms with van der Waals surface area (Å²) >= 11 is 1.42. The molecular weight excluding hydrogens is 266 g/mol. The first-order valence-electron chi connectivity index (χ1n) is 5.57. The minimum absolute atomic E-state index is 0.368. The SMILES string of the molecule is COc1ccc(-c2nnc(CN)s2)c(OC)c1OC. The smallest absolute Gasteiger partial charge is 0.204 e. The van der Waals surface area contributed by atoms with E-state index in [1.807, 2.05) is 6.07 Å². The van der Waals surface area contributed by atoms with Gasteiger partial charge in [0.15, 0.2) is 16.5 Å². The fraction of sp³-hybridized carbons (Fsp3) is 0.333. The second-order valence-corrected chi connectivity index (χ2v) is 4.65. The molecule has 1 heterocycles. The minimum Gasteiger partial charge on any atom is -0.493 e. The van der Waals surface area contributed by atoms with Crippen LogP contribution in [0.1, 0.15) is 5.01 Å². The van der Waals surface area contributed by atoms with Crippen LogP contribution in [-0.2, 0) is 6.54 Å². The number of hydrogen-bond acceptors (Lipinski definition) is 7. The zero-order valence-corrected chi connectivity index (χ0v) is 11.8. The van der Waals surface area contributed by atoms with Crippen molar-refractivity contribution in [2.45, 2.75) is 6.54 Å². The number of rotatable bonds is 5. The summed E-state index contributed by atoms with van der Waals surface area (Å²) in [5.41, 5.74) is 6.35. The summed E-state index contributed by atoms with van der Waals surface area (Å²) in [7, 11) is 4.72. The van der Waals surface area contributed by atoms with Gasteiger partial charge in [0, 0.05) is 6.54 Å². The predicted octanol–water partition coefficient (Wildman–Crippen LogP) is 1.69. The topological polar surface area (TPSA) is 79.5 Å². The molecule has 102 valence electrons. The van der Waals surface area contributed by atoms with E-state index in [-0.39, 0.29) is 0 Å². The summed E-state index contributed by atoms with van der Waals surface area (Å²) in [6, 6.07) is 3.67. The lowest BCUT2D eigenvalue weighted by Gasteiger charge is -2.14. The fourth-order valence-corrected chi connectivity index (χ4v) is 2.46. The van der Waals surface area contributed by atoms with Crippen LogP contribution in [0.25, 0.3) is 10.6 Å². The van der Waals surface area contributed by atoms with Crippen LogP contribution < -0.4 is 19.9 Å². The molecular formula is C12H15N3O3S. The molecule has 2 N–H and O–H groups in total. The molecule has 0 aliphatic heterocycles. The van der Waals surface area contributed by atoms with Crippen molar-refractivity contribution in [1.29, 1.82) is 0 Å². The van der Waals surface area contributed by atoms with E-state index in [4.69, 9.17) is 19.9 Å². The fourth-order valence-electron chi connectivity index (χ4n) is 1.71. The van der Waals surface area contributed by atoms with Crippen LogP contribution in [0, 0.1) is 0 Å². The first-order valence-corrected chi connectivity index (χ1v) is 6.38. The standard InChI is InChI=1S/C12H15N3O3S/c1-16-8-5-4-7(10(17-2)11(8)18-3)12-15-14-9(6-13)19-12/h4-5H,6,13H2,1-3H3. The maximum absolute atomic E-state index is 5.55. The number of nitrogens with zero attached hydrogens (tertiary/aromatic N) is 2. The summed E-state index contributed by atoms with van der Waals surface area (Å²) in [5.74, 6) is 1.71. The van der Waals surface area contributed by atoms with Gasteiger partial charge in [0.2, 0.25) is 5.75 Å². The second kappa shape index (κ2) is 5.85. The number of aromatic nitrogens is 2. The predicted molar refractivity (Wildman–Crippen MR) is 72.9 cm³/mol. The van der Waals surface area contributed by atoms with Crippen LogP contribution in [0.4, 0.5) is 0 Å². The third kappa shape index (κ3) is 2.47. The first-order chi connectivity index (χ1) is 9.24. The molecule has 0 aliphatic carbocycles. The molecule has 6 nitrogen and oxygen atoms in total. The Kier molecular flexibility index (Phi) is 4.18. The molecule has 0 fully saturated rings. The highest BCUT2D eigenvalue weighted by Gasteiger charge is 2.19. The monoisotopic (exact) mass is 281 g/mol. The Morgan fingerprint density at radius 2 is 1.79 bits per heavy atom. The minimum atomic E-state index is 0.368. The summed E-state index contributed by atoms with van der Waals surface area (Å²) in [6.45, 7) is 0.368. The van der Waals surface area contributed by atoms with Gasteiger partial charge in [-0.3, -0.25) is 0 Å². The average molecular weight is 281 g/mol. The number of benzene rings is 1. The Morgan fingerprint density at radius 1 is 1.05 bits per heavy atom. The third-order valence-electron chi connectivity index (χ3n) is 2.58. The van der Waals surface area contributed by atoms with E-state index in [9.17, 15) is 0 Å². The molecule has 0 unspecified atom stereocenters. The van der Waals surface area contributed by atoms with E-state index in [0.717, 1.165) is 15.6 Å². The van der Waals surface area contributed by atoms with E-state index in [1.54, 1.807) is 27.4 Å². The molecule has 0 spiro atoms. The van der Waals surface area contributed by atoms with Crippen molar-refractivity contribution in [1.82, 2.24) is 10.2 Å². The van der Waals surface area contributed by atoms with Gasteiger partial charge in [0.25, 0.3) is 0 Å². The van der Waals surface area contributed by atoms with Crippen LogP contribution in [-0.4, -0.2) is 31.5 Å². The van der Waals surface area contributed by atoms with Crippen LogP contribution in [0.15, 0.2) is 12.1 Å². The van der Waals surface area contributed by atoms with Crippen molar-refractivity contribution in [2.24, 2.45) is 5.73 Å². The Morgan fingerprint density at radius 3 is 2.32 bits per heavy atom. The number of ether oxygens (including phenoxy) is 3. The van der Waals surface area contributed by atoms with Crippen LogP contribution in [0.3, 0.4) is 0 Å². The van der Waals surface area contributed by atoms with E-state index < -0.39 is 0 Å². The van der Waals surface area contributed by atoms with Gasteiger partial charge in [0.05, 0.1) is 26.9 Å². The highest BCUT2D eigenvalue weighted by Crippen LogP contribution is 2.44. The Hall–Kier alpha value is -1.86. The van der Waals surface area contributed by atoms with Gasteiger partial charge in [-0.15, -0.1) is 10.2 Å². The molecule has 19 heavy (non-hydrogen) atoms. The highest BCUT2D eigenvalue weighted by molar-refractivity contribution is 7.14. The Balaban J connectivity index is 2.56. The van der Waals surface area contributed by atoms with Gasteiger partial charge in [-0.2, -0.15) is 0 Å². The molecule has 0 atom stereocenters. The molecule has 7 heteroatoms. The second-order valence-electron chi connectivity index (χ2n) is 3.59. The molecule has 1 aromatic heterocycles. The summed E-state index contributed by atoms with van der Waals surface area (Å²) in [4.78, 5) is 0. The van der Waals surface area contributed by atoms with Gasteiger partial charge < -0.3 is 19.9 Å². The van der Waals surface area contributed by atoms with Crippen LogP contribution >= 0.6 is 11.3 Å². The Bertz CT molecular complexity index is 571. The van der Waals surface area contributed by atoms with Gasteiger partial charge >= 0.3 is 0 Å². The summed E-state index contributed by atoms with van der Waals surface area (Å²) in [5, 5.41) is 9.61. The molecule has 2 aromatic rings. The van der Waals surface area contributed by atoms with Crippen molar-refractivity contribution in [3.8, 4) is 27.8 Å². The van der Waals surface area contributed by atoms with Crippen LogP contribution in [0.2, 0.25) is 0 Å². The van der Waals surface area contributed by atoms with Crippen molar-refractivity contribution in [2.75, 3.05) is 21.3 Å². The summed E-state index contributed by atoms with van der Waals surface area (Å²) < 4.78 is 16.0. The van der Waals surface area contributed by atoms with Crippen molar-refractivity contribution in [3.05, 3.63) is 17.1 Å². The quantitative estimate of drug-likeness (QED) is 0.898. The van der Waals surface area contributed by atoms with Crippen LogP contribution in [0.5, 0.6) is 17.2 Å². The number of nitrogens with two attached hydrogens (primary N) is 1. The molecule has 0 saturated carbocycles. The maximum Gasteiger partial charge on any atom is 0.204 e. The van der Waals surface area contributed by atoms with Gasteiger partial charge in [-0.05, 0) is 12.1 Å². The molecule has 0 amide bonds. The first kappa shape index (κ1) is 13.6. The zero-order valence-electron chi connectivity index (χ0n) is 11.0. The van der Waals surface area contributed by atoms with Crippen molar-refractivity contribution >= 4 is 11.3 Å². The molecule has 0 radical (unpaired) electrons. The molecule has 0 saturated heterocycles. The normalized spacial score (nSPS) is 10.3. The molecule has 2 rings (SSSR count). The number of methoxy groups -OCH3 is 3. The maximum atomic E-state index is 5.55. The largest absolute Gasteiger partial charge is 0.493 e. The lowest BCUT2D eigenvalue weighted by molar-refractivity contribution is 0.325. The third-order valence-corrected chi connectivity index (χ3v) is 3.55. The lowest BCUT2D eigenvalue weighted by atomic mass is 10.2. The van der Waals surface area contributed by atoms with E-state index in [0.29, 0.717) is 23.8 Å². The van der Waals surface area contributed by atoms with Crippen molar-refractivity contribution in [3.63, 3.8) is 0 Å². The van der Waals surface area contributed by atoms with Crippen molar-refractivity contribution < 1.29 is 14.2 Å². The van der Waals surface area contributed by atoms with E-state index >= 15 is 0 Å². The zero-order chi connectivity index (χ0) is 13.8. The van der Waals surface area contributed by atoms with E-state index in [1.165, 1.54) is 11.3 Å². The average Bonchev–Trinajstić information content (AvgIpc) is 2.94. The molecule has 0 aliphatic rings. The van der Waals surface area contributed by atoms with Gasteiger partial charge in [0.1, 0.15) is 5.01 Å². The summed E-state index contributed by atoms with van der Waals surface area (Å²) in [6.07, 6.45) is 0. The molecule has 0 bridgehead atoms.